The van der Waals surface area contributed by atoms with Gasteiger partial charge in [0.2, 0.25) is 5.91 Å². The summed E-state index contributed by atoms with van der Waals surface area (Å²) in [7, 11) is 1.78. The van der Waals surface area contributed by atoms with E-state index in [2.05, 4.69) is 34.5 Å². The number of benzene rings is 1. The molecule has 0 aromatic heterocycles. The molecule has 0 saturated carbocycles. The average molecular weight is 332 g/mol. The van der Waals surface area contributed by atoms with Gasteiger partial charge in [-0.3, -0.25) is 4.79 Å². The molecule has 0 radical (unpaired) electrons. The van der Waals surface area contributed by atoms with E-state index in [1.807, 2.05) is 26.8 Å². The zero-order valence-electron chi connectivity index (χ0n) is 15.5. The van der Waals surface area contributed by atoms with E-state index in [1.165, 1.54) is 18.4 Å². The van der Waals surface area contributed by atoms with Gasteiger partial charge in [0, 0.05) is 32.2 Å². The fourth-order valence-electron chi connectivity index (χ4n) is 3.20. The molecule has 1 aromatic rings. The molecule has 1 fully saturated rings. The summed E-state index contributed by atoms with van der Waals surface area (Å²) in [5.74, 6) is 0.664. The molecular weight excluding hydrogens is 300 g/mol. The number of carbonyl (C=O) groups is 1. The van der Waals surface area contributed by atoms with Gasteiger partial charge < -0.3 is 15.0 Å². The van der Waals surface area contributed by atoms with Gasteiger partial charge in [0.25, 0.3) is 0 Å². The first-order chi connectivity index (χ1) is 11.4. The highest BCUT2D eigenvalue weighted by Crippen LogP contribution is 2.22. The Bertz CT molecular complexity index is 510. The number of hydrogen-bond donors (Lipinski definition) is 1. The number of likely N-dealkylation sites (tertiary alicyclic amines) is 1. The third kappa shape index (κ3) is 5.60. The minimum Gasteiger partial charge on any atom is -0.375 e. The fraction of sp³-hybridized carbons (Fsp3) is 0.650. The van der Waals surface area contributed by atoms with Gasteiger partial charge in [-0.2, -0.15) is 0 Å². The summed E-state index contributed by atoms with van der Waals surface area (Å²) in [6.07, 6.45) is 2.47. The van der Waals surface area contributed by atoms with Crippen LogP contribution in [-0.4, -0.2) is 44.1 Å². The minimum atomic E-state index is -0.317. The molecule has 1 saturated heterocycles. The summed E-state index contributed by atoms with van der Waals surface area (Å²) in [6.45, 7) is 9.68. The number of rotatable bonds is 6. The van der Waals surface area contributed by atoms with E-state index in [0.29, 0.717) is 5.92 Å². The smallest absolute Gasteiger partial charge is 0.225 e. The summed E-state index contributed by atoms with van der Waals surface area (Å²) in [6, 6.07) is 10.4. The van der Waals surface area contributed by atoms with Crippen LogP contribution in [0, 0.1) is 11.3 Å². The Kier molecular flexibility index (Phi) is 6.81. The maximum Gasteiger partial charge on any atom is 0.225 e. The zero-order chi connectivity index (χ0) is 17.6. The number of nitrogens with one attached hydrogen (secondary N) is 1. The number of ether oxygens (including phenoxy) is 1. The van der Waals surface area contributed by atoms with Gasteiger partial charge >= 0.3 is 0 Å². The molecule has 2 atom stereocenters. The molecule has 0 spiro atoms. The summed E-state index contributed by atoms with van der Waals surface area (Å²) < 4.78 is 5.71. The van der Waals surface area contributed by atoms with Crippen LogP contribution in [0.15, 0.2) is 30.3 Å². The van der Waals surface area contributed by atoms with Crippen molar-refractivity contribution in [3.63, 3.8) is 0 Å². The van der Waals surface area contributed by atoms with Crippen molar-refractivity contribution in [1.29, 1.82) is 0 Å². The van der Waals surface area contributed by atoms with Crippen LogP contribution in [0.3, 0.4) is 0 Å². The largest absolute Gasteiger partial charge is 0.375 e. The number of carbonyl (C=O) groups excluding carboxylic acids is 1. The van der Waals surface area contributed by atoms with Gasteiger partial charge in [0.15, 0.2) is 0 Å². The molecule has 1 aliphatic rings. The van der Waals surface area contributed by atoms with Crippen LogP contribution in [0.1, 0.15) is 45.3 Å². The van der Waals surface area contributed by atoms with Crippen molar-refractivity contribution in [1.82, 2.24) is 10.2 Å². The maximum atomic E-state index is 12.1. The number of hydrogen-bond acceptors (Lipinski definition) is 3. The first-order valence-corrected chi connectivity index (χ1v) is 8.98. The molecule has 1 amide bonds. The van der Waals surface area contributed by atoms with E-state index in [-0.39, 0.29) is 17.4 Å². The molecular formula is C20H32N2O2. The third-order valence-corrected chi connectivity index (χ3v) is 4.72. The first-order valence-electron chi connectivity index (χ1n) is 8.98. The van der Waals surface area contributed by atoms with Gasteiger partial charge in [-0.15, -0.1) is 0 Å². The summed E-state index contributed by atoms with van der Waals surface area (Å²) in [5.41, 5.74) is 0.908. The Morgan fingerprint density at radius 3 is 2.67 bits per heavy atom. The van der Waals surface area contributed by atoms with E-state index >= 15 is 0 Å². The number of methoxy groups -OCH3 is 1. The Morgan fingerprint density at radius 2 is 2.04 bits per heavy atom. The monoisotopic (exact) mass is 332 g/mol. The summed E-state index contributed by atoms with van der Waals surface area (Å²) in [5, 5.41) is 3.12. The van der Waals surface area contributed by atoms with Crippen molar-refractivity contribution < 1.29 is 9.53 Å². The SMILES string of the molecule is CO[C@@H](CN1CCC[C@@H](CNC(=O)C(C)(C)C)C1)c1ccccc1. The molecule has 24 heavy (non-hydrogen) atoms. The topological polar surface area (TPSA) is 41.6 Å². The highest BCUT2D eigenvalue weighted by atomic mass is 16.5. The quantitative estimate of drug-likeness (QED) is 0.869. The predicted molar refractivity (Wildman–Crippen MR) is 97.8 cm³/mol. The molecule has 1 aromatic carbocycles. The van der Waals surface area contributed by atoms with E-state index in [9.17, 15) is 4.79 Å². The van der Waals surface area contributed by atoms with Crippen molar-refractivity contribution in [2.75, 3.05) is 33.3 Å². The lowest BCUT2D eigenvalue weighted by Gasteiger charge is -2.35. The molecule has 1 N–H and O–H groups in total. The minimum absolute atomic E-state index is 0.106. The van der Waals surface area contributed by atoms with Crippen molar-refractivity contribution in [2.24, 2.45) is 11.3 Å². The van der Waals surface area contributed by atoms with Crippen molar-refractivity contribution in [3.05, 3.63) is 35.9 Å². The maximum absolute atomic E-state index is 12.1. The Morgan fingerprint density at radius 1 is 1.33 bits per heavy atom. The van der Waals surface area contributed by atoms with E-state index in [1.54, 1.807) is 7.11 Å². The van der Waals surface area contributed by atoms with Crippen LogP contribution >= 0.6 is 0 Å². The third-order valence-electron chi connectivity index (χ3n) is 4.72. The molecule has 4 nitrogen and oxygen atoms in total. The van der Waals surface area contributed by atoms with Crippen LogP contribution in [-0.2, 0) is 9.53 Å². The zero-order valence-corrected chi connectivity index (χ0v) is 15.5. The highest BCUT2D eigenvalue weighted by molar-refractivity contribution is 5.81. The second kappa shape index (κ2) is 8.63. The molecule has 1 aliphatic heterocycles. The summed E-state index contributed by atoms with van der Waals surface area (Å²) >= 11 is 0. The molecule has 134 valence electrons. The van der Waals surface area contributed by atoms with Crippen LogP contribution in [0.25, 0.3) is 0 Å². The van der Waals surface area contributed by atoms with Crippen molar-refractivity contribution in [2.45, 2.75) is 39.7 Å². The Balaban J connectivity index is 1.85. The first kappa shape index (κ1) is 18.9. The van der Waals surface area contributed by atoms with Crippen LogP contribution in [0.2, 0.25) is 0 Å². The molecule has 0 aliphatic carbocycles. The second-order valence-corrected chi connectivity index (χ2v) is 7.86. The molecule has 2 rings (SSSR count). The second-order valence-electron chi connectivity index (χ2n) is 7.86. The van der Waals surface area contributed by atoms with E-state index in [0.717, 1.165) is 26.2 Å². The van der Waals surface area contributed by atoms with Gasteiger partial charge in [0.1, 0.15) is 0 Å². The predicted octanol–water partition coefficient (Wildman–Crippen LogP) is 3.25. The highest BCUT2D eigenvalue weighted by Gasteiger charge is 2.25. The van der Waals surface area contributed by atoms with Gasteiger partial charge in [-0.1, -0.05) is 51.1 Å². The molecule has 4 heteroatoms. The van der Waals surface area contributed by atoms with Crippen molar-refractivity contribution >= 4 is 5.91 Å². The lowest BCUT2D eigenvalue weighted by atomic mass is 9.93. The van der Waals surface area contributed by atoms with E-state index in [4.69, 9.17) is 4.74 Å². The fourth-order valence-corrected chi connectivity index (χ4v) is 3.20. The van der Waals surface area contributed by atoms with E-state index < -0.39 is 0 Å². The molecule has 0 unspecified atom stereocenters. The number of piperidine rings is 1. The van der Waals surface area contributed by atoms with Gasteiger partial charge in [-0.05, 0) is 30.9 Å². The number of amides is 1. The van der Waals surface area contributed by atoms with Crippen LogP contribution in [0.5, 0.6) is 0 Å². The Labute approximate surface area is 146 Å². The standard InChI is InChI=1S/C20H32N2O2/c1-20(2,3)19(23)21-13-16-9-8-12-22(14-16)15-18(24-4)17-10-6-5-7-11-17/h5-7,10-11,16,18H,8-9,12-15H2,1-4H3,(H,21,23)/t16-,18-/m0/s1. The molecule has 0 bridgehead atoms. The van der Waals surface area contributed by atoms with Crippen LogP contribution in [0.4, 0.5) is 0 Å². The Hall–Kier alpha value is -1.39. The van der Waals surface area contributed by atoms with Crippen molar-refractivity contribution in [3.8, 4) is 0 Å². The lowest BCUT2D eigenvalue weighted by Crippen LogP contribution is -2.44. The molecule has 1 heterocycles. The normalized spacial score (nSPS) is 20.6. The van der Waals surface area contributed by atoms with Crippen LogP contribution < -0.4 is 5.32 Å². The number of nitrogens with zero attached hydrogens (tertiary/aromatic N) is 1. The average Bonchev–Trinajstić information content (AvgIpc) is 2.58. The lowest BCUT2D eigenvalue weighted by molar-refractivity contribution is -0.128. The van der Waals surface area contributed by atoms with Gasteiger partial charge in [0.05, 0.1) is 6.10 Å². The van der Waals surface area contributed by atoms with Gasteiger partial charge in [-0.25, -0.2) is 0 Å². The summed E-state index contributed by atoms with van der Waals surface area (Å²) in [4.78, 5) is 14.5.